The molecule has 0 aliphatic carbocycles. The largest absolute Gasteiger partial charge is 0.388 e. The number of rotatable bonds is 3. The van der Waals surface area contributed by atoms with Crippen LogP contribution in [0.2, 0.25) is 10.0 Å². The second-order valence-electron chi connectivity index (χ2n) is 3.01. The molecule has 0 aliphatic heterocycles. The molecule has 0 radical (unpaired) electrons. The van der Waals surface area contributed by atoms with Crippen LogP contribution in [0.1, 0.15) is 31.4 Å². The summed E-state index contributed by atoms with van der Waals surface area (Å²) >= 11 is 11.6. The van der Waals surface area contributed by atoms with Gasteiger partial charge in [0, 0.05) is 10.0 Å². The first kappa shape index (κ1) is 10.8. The number of hydrogen-bond donors (Lipinski definition) is 1. The lowest BCUT2D eigenvalue weighted by Gasteiger charge is -2.10. The summed E-state index contributed by atoms with van der Waals surface area (Å²) in [5.74, 6) is 0. The third kappa shape index (κ3) is 3.18. The minimum Gasteiger partial charge on any atom is -0.388 e. The maximum absolute atomic E-state index is 9.65. The Morgan fingerprint density at radius 3 is 2.23 bits per heavy atom. The zero-order valence-electron chi connectivity index (χ0n) is 7.43. The van der Waals surface area contributed by atoms with Crippen LogP contribution in [0.3, 0.4) is 0 Å². The minimum atomic E-state index is -0.457. The molecule has 0 heterocycles. The highest BCUT2D eigenvalue weighted by atomic mass is 35.5. The lowest BCUT2D eigenvalue weighted by atomic mass is 10.1. The molecule has 3 heteroatoms. The van der Waals surface area contributed by atoms with Crippen molar-refractivity contribution in [1.29, 1.82) is 0 Å². The lowest BCUT2D eigenvalue weighted by molar-refractivity contribution is 0.166. The van der Waals surface area contributed by atoms with Crippen LogP contribution in [-0.4, -0.2) is 5.11 Å². The highest BCUT2D eigenvalue weighted by Gasteiger charge is 2.07. The third-order valence-corrected chi connectivity index (χ3v) is 2.27. The van der Waals surface area contributed by atoms with E-state index >= 15 is 0 Å². The van der Waals surface area contributed by atoms with Gasteiger partial charge in [0.25, 0.3) is 0 Å². The van der Waals surface area contributed by atoms with Gasteiger partial charge in [0.1, 0.15) is 0 Å². The molecule has 0 aliphatic rings. The molecule has 0 spiro atoms. The van der Waals surface area contributed by atoms with Gasteiger partial charge < -0.3 is 5.11 Å². The van der Waals surface area contributed by atoms with Gasteiger partial charge in [-0.3, -0.25) is 0 Å². The molecule has 0 fully saturated rings. The van der Waals surface area contributed by atoms with Gasteiger partial charge in [-0.25, -0.2) is 0 Å². The van der Waals surface area contributed by atoms with Gasteiger partial charge in [-0.1, -0.05) is 36.5 Å². The van der Waals surface area contributed by atoms with Crippen LogP contribution in [0.5, 0.6) is 0 Å². The number of benzene rings is 1. The molecule has 0 amide bonds. The molecular weight excluding hydrogens is 207 g/mol. The Hall–Kier alpha value is -0.240. The van der Waals surface area contributed by atoms with E-state index in [9.17, 15) is 5.11 Å². The van der Waals surface area contributed by atoms with Gasteiger partial charge in [-0.05, 0) is 30.2 Å². The molecule has 1 atom stereocenters. The van der Waals surface area contributed by atoms with E-state index in [1.165, 1.54) is 0 Å². The first-order chi connectivity index (χ1) is 6.13. The van der Waals surface area contributed by atoms with Crippen molar-refractivity contribution >= 4 is 23.2 Å². The van der Waals surface area contributed by atoms with E-state index in [-0.39, 0.29) is 0 Å². The Labute approximate surface area is 88.3 Å². The number of hydrogen-bond acceptors (Lipinski definition) is 1. The maximum atomic E-state index is 9.65. The molecule has 0 aromatic heterocycles. The first-order valence-corrected chi connectivity index (χ1v) is 5.03. The van der Waals surface area contributed by atoms with E-state index in [0.29, 0.717) is 10.0 Å². The van der Waals surface area contributed by atoms with Crippen molar-refractivity contribution in [1.82, 2.24) is 0 Å². The third-order valence-electron chi connectivity index (χ3n) is 1.83. The molecular formula is C10H12Cl2O. The summed E-state index contributed by atoms with van der Waals surface area (Å²) in [6.07, 6.45) is 1.21. The summed E-state index contributed by atoms with van der Waals surface area (Å²) in [4.78, 5) is 0. The van der Waals surface area contributed by atoms with Crippen LogP contribution < -0.4 is 0 Å². The summed E-state index contributed by atoms with van der Waals surface area (Å²) in [7, 11) is 0. The summed E-state index contributed by atoms with van der Waals surface area (Å²) in [5.41, 5.74) is 0.791. The van der Waals surface area contributed by atoms with Crippen LogP contribution in [0, 0.1) is 0 Å². The van der Waals surface area contributed by atoms with Crippen molar-refractivity contribution in [2.45, 2.75) is 25.9 Å². The fourth-order valence-electron chi connectivity index (χ4n) is 1.21. The zero-order chi connectivity index (χ0) is 9.84. The van der Waals surface area contributed by atoms with E-state index < -0.39 is 6.10 Å². The molecule has 0 saturated carbocycles. The smallest absolute Gasteiger partial charge is 0.0791 e. The first-order valence-electron chi connectivity index (χ1n) is 4.27. The van der Waals surface area contributed by atoms with E-state index in [1.54, 1.807) is 18.2 Å². The predicted octanol–water partition coefficient (Wildman–Crippen LogP) is 3.83. The van der Waals surface area contributed by atoms with Crippen molar-refractivity contribution in [3.63, 3.8) is 0 Å². The van der Waals surface area contributed by atoms with Gasteiger partial charge in [0.05, 0.1) is 6.10 Å². The fourth-order valence-corrected chi connectivity index (χ4v) is 1.75. The number of aliphatic hydroxyl groups excluding tert-OH is 1. The second kappa shape index (κ2) is 4.85. The van der Waals surface area contributed by atoms with Crippen LogP contribution in [0.25, 0.3) is 0 Å². The van der Waals surface area contributed by atoms with Crippen molar-refractivity contribution in [3.8, 4) is 0 Å². The second-order valence-corrected chi connectivity index (χ2v) is 3.88. The molecule has 0 saturated heterocycles. The van der Waals surface area contributed by atoms with Crippen molar-refractivity contribution in [3.05, 3.63) is 33.8 Å². The number of aliphatic hydroxyl groups is 1. The Morgan fingerprint density at radius 1 is 1.23 bits per heavy atom. The van der Waals surface area contributed by atoms with Crippen LogP contribution in [-0.2, 0) is 0 Å². The molecule has 13 heavy (non-hydrogen) atoms. The van der Waals surface area contributed by atoms with Crippen LogP contribution in [0.4, 0.5) is 0 Å². The van der Waals surface area contributed by atoms with E-state index in [4.69, 9.17) is 23.2 Å². The molecule has 1 aromatic rings. The minimum absolute atomic E-state index is 0.457. The molecule has 1 N–H and O–H groups in total. The Bertz CT molecular complexity index is 266. The Balaban J connectivity index is 2.87. The monoisotopic (exact) mass is 218 g/mol. The van der Waals surface area contributed by atoms with Gasteiger partial charge >= 0.3 is 0 Å². The zero-order valence-corrected chi connectivity index (χ0v) is 8.94. The molecule has 1 aromatic carbocycles. The topological polar surface area (TPSA) is 20.2 Å². The van der Waals surface area contributed by atoms with Crippen molar-refractivity contribution in [2.75, 3.05) is 0 Å². The Morgan fingerprint density at radius 2 is 1.77 bits per heavy atom. The van der Waals surface area contributed by atoms with E-state index in [0.717, 1.165) is 18.4 Å². The number of halogens is 2. The lowest BCUT2D eigenvalue weighted by Crippen LogP contribution is -1.96. The van der Waals surface area contributed by atoms with Crippen LogP contribution >= 0.6 is 23.2 Å². The Kier molecular flexibility index (Phi) is 4.04. The average Bonchev–Trinajstić information content (AvgIpc) is 2.03. The molecule has 1 rings (SSSR count). The fraction of sp³-hybridized carbons (Fsp3) is 0.400. The molecule has 0 bridgehead atoms. The highest BCUT2D eigenvalue weighted by molar-refractivity contribution is 6.34. The quantitative estimate of drug-likeness (QED) is 0.818. The summed E-state index contributed by atoms with van der Waals surface area (Å²) < 4.78 is 0. The average molecular weight is 219 g/mol. The SMILES string of the molecule is CCC[C@H](O)c1cc(Cl)cc(Cl)c1. The molecule has 0 unspecified atom stereocenters. The summed E-state index contributed by atoms with van der Waals surface area (Å²) in [5, 5.41) is 10.8. The van der Waals surface area contributed by atoms with Crippen molar-refractivity contribution < 1.29 is 5.11 Å². The molecule has 72 valence electrons. The van der Waals surface area contributed by atoms with Gasteiger partial charge in [-0.2, -0.15) is 0 Å². The van der Waals surface area contributed by atoms with Gasteiger partial charge in [0.2, 0.25) is 0 Å². The standard InChI is InChI=1S/C10H12Cl2O/c1-2-3-10(13)7-4-8(11)6-9(12)5-7/h4-6,10,13H,2-3H2,1H3/t10-/m0/s1. The summed E-state index contributed by atoms with van der Waals surface area (Å²) in [6, 6.07) is 5.15. The van der Waals surface area contributed by atoms with Crippen molar-refractivity contribution in [2.24, 2.45) is 0 Å². The maximum Gasteiger partial charge on any atom is 0.0791 e. The summed E-state index contributed by atoms with van der Waals surface area (Å²) in [6.45, 7) is 2.02. The van der Waals surface area contributed by atoms with Crippen LogP contribution in [0.15, 0.2) is 18.2 Å². The molecule has 1 nitrogen and oxygen atoms in total. The van der Waals surface area contributed by atoms with Gasteiger partial charge in [0.15, 0.2) is 0 Å². The van der Waals surface area contributed by atoms with E-state index in [2.05, 4.69) is 0 Å². The normalized spacial score (nSPS) is 12.9. The predicted molar refractivity (Wildman–Crippen MR) is 56.3 cm³/mol. The highest BCUT2D eigenvalue weighted by Crippen LogP contribution is 2.25. The van der Waals surface area contributed by atoms with E-state index in [1.807, 2.05) is 6.92 Å². The van der Waals surface area contributed by atoms with Gasteiger partial charge in [-0.15, -0.1) is 0 Å².